The molecule has 5 heteroatoms. The molecule has 2 N–H and O–H groups in total. The lowest BCUT2D eigenvalue weighted by Gasteiger charge is -2.16. The molecule has 0 aliphatic carbocycles. The maximum absolute atomic E-state index is 12.8. The van der Waals surface area contributed by atoms with Crippen LogP contribution in [0.15, 0.2) is 24.3 Å². The number of benzene rings is 1. The number of methoxy groups -OCH3 is 1. The van der Waals surface area contributed by atoms with Gasteiger partial charge in [-0.25, -0.2) is 8.78 Å². The lowest BCUT2D eigenvalue weighted by molar-refractivity contribution is -0.0324. The second kappa shape index (κ2) is 4.93. The Morgan fingerprint density at radius 1 is 1.27 bits per heavy atom. The Morgan fingerprint density at radius 2 is 1.87 bits per heavy atom. The van der Waals surface area contributed by atoms with Crippen LogP contribution in [0.3, 0.4) is 0 Å². The molecule has 0 radical (unpaired) electrons. The third-order valence-electron chi connectivity index (χ3n) is 1.81. The van der Waals surface area contributed by atoms with E-state index in [4.69, 9.17) is 15.2 Å². The Balaban J connectivity index is 2.65. The summed E-state index contributed by atoms with van der Waals surface area (Å²) in [5, 5.41) is 0. The van der Waals surface area contributed by atoms with Gasteiger partial charge in [-0.1, -0.05) is 12.1 Å². The Morgan fingerprint density at radius 3 is 2.40 bits per heavy atom. The van der Waals surface area contributed by atoms with E-state index in [0.29, 0.717) is 5.75 Å². The number of halogens is 2. The van der Waals surface area contributed by atoms with Crippen LogP contribution in [0.5, 0.6) is 11.5 Å². The molecule has 0 heterocycles. The van der Waals surface area contributed by atoms with Crippen LogP contribution in [0.2, 0.25) is 0 Å². The molecule has 0 aromatic heterocycles. The minimum atomic E-state index is -3.01. The van der Waals surface area contributed by atoms with Gasteiger partial charge in [-0.3, -0.25) is 0 Å². The minimum absolute atomic E-state index is 0.285. The summed E-state index contributed by atoms with van der Waals surface area (Å²) < 4.78 is 35.4. The van der Waals surface area contributed by atoms with E-state index in [9.17, 15) is 8.78 Å². The van der Waals surface area contributed by atoms with Crippen molar-refractivity contribution in [3.05, 3.63) is 24.3 Å². The smallest absolute Gasteiger partial charge is 0.293 e. The molecule has 0 aliphatic rings. The highest BCUT2D eigenvalue weighted by atomic mass is 19.3. The SMILES string of the molecule is COc1ccccc1OCC(F)(F)CN. The molecule has 0 saturated carbocycles. The Labute approximate surface area is 86.8 Å². The first-order valence-electron chi connectivity index (χ1n) is 4.43. The van der Waals surface area contributed by atoms with Gasteiger partial charge in [-0.15, -0.1) is 0 Å². The summed E-state index contributed by atoms with van der Waals surface area (Å²) >= 11 is 0. The lowest BCUT2D eigenvalue weighted by Crippen LogP contribution is -2.34. The first-order valence-corrected chi connectivity index (χ1v) is 4.43. The predicted octanol–water partition coefficient (Wildman–Crippen LogP) is 1.67. The van der Waals surface area contributed by atoms with Gasteiger partial charge in [-0.2, -0.15) is 0 Å². The normalized spacial score (nSPS) is 11.2. The van der Waals surface area contributed by atoms with E-state index in [1.165, 1.54) is 7.11 Å². The summed E-state index contributed by atoms with van der Waals surface area (Å²) in [6.45, 7) is -1.48. The fourth-order valence-electron chi connectivity index (χ4n) is 0.980. The lowest BCUT2D eigenvalue weighted by atomic mass is 10.3. The van der Waals surface area contributed by atoms with Gasteiger partial charge >= 0.3 is 0 Å². The molecule has 0 spiro atoms. The zero-order valence-electron chi connectivity index (χ0n) is 8.37. The van der Waals surface area contributed by atoms with Crippen molar-refractivity contribution < 1.29 is 18.3 Å². The average molecular weight is 217 g/mol. The summed E-state index contributed by atoms with van der Waals surface area (Å²) in [5.74, 6) is -2.31. The molecule has 0 atom stereocenters. The van der Waals surface area contributed by atoms with E-state index in [0.717, 1.165) is 0 Å². The second-order valence-electron chi connectivity index (χ2n) is 3.00. The van der Waals surface area contributed by atoms with Crippen LogP contribution >= 0.6 is 0 Å². The number of hydrogen-bond donors (Lipinski definition) is 1. The summed E-state index contributed by atoms with van der Waals surface area (Å²) in [6.07, 6.45) is 0. The quantitative estimate of drug-likeness (QED) is 0.815. The van der Waals surface area contributed by atoms with E-state index in [1.54, 1.807) is 24.3 Å². The van der Waals surface area contributed by atoms with Crippen LogP contribution in [-0.2, 0) is 0 Å². The van der Waals surface area contributed by atoms with Gasteiger partial charge in [0.1, 0.15) is 0 Å². The molecule has 0 amide bonds. The fraction of sp³-hybridized carbons (Fsp3) is 0.400. The highest BCUT2D eigenvalue weighted by Crippen LogP contribution is 2.27. The molecule has 1 aromatic carbocycles. The van der Waals surface area contributed by atoms with Crippen molar-refractivity contribution in [2.45, 2.75) is 5.92 Å². The van der Waals surface area contributed by atoms with Crippen molar-refractivity contribution >= 4 is 0 Å². The van der Waals surface area contributed by atoms with Crippen LogP contribution in [0.1, 0.15) is 0 Å². The molecule has 0 aliphatic heterocycles. The number of alkyl halides is 2. The van der Waals surface area contributed by atoms with Gasteiger partial charge in [0.25, 0.3) is 5.92 Å². The van der Waals surface area contributed by atoms with E-state index in [2.05, 4.69) is 0 Å². The summed E-state index contributed by atoms with van der Waals surface area (Å²) in [4.78, 5) is 0. The highest BCUT2D eigenvalue weighted by Gasteiger charge is 2.28. The Bertz CT molecular complexity index is 318. The number of para-hydroxylation sites is 2. The largest absolute Gasteiger partial charge is 0.493 e. The van der Waals surface area contributed by atoms with Crippen molar-refractivity contribution in [2.24, 2.45) is 5.73 Å². The van der Waals surface area contributed by atoms with Gasteiger partial charge in [0, 0.05) is 0 Å². The molecular weight excluding hydrogens is 204 g/mol. The first-order chi connectivity index (χ1) is 7.09. The molecule has 0 saturated heterocycles. The molecule has 0 bridgehead atoms. The number of ether oxygens (including phenoxy) is 2. The third kappa shape index (κ3) is 3.36. The number of hydrogen-bond acceptors (Lipinski definition) is 3. The van der Waals surface area contributed by atoms with Crippen molar-refractivity contribution in [1.29, 1.82) is 0 Å². The van der Waals surface area contributed by atoms with Gasteiger partial charge in [0.2, 0.25) is 0 Å². The van der Waals surface area contributed by atoms with Crippen molar-refractivity contribution in [2.75, 3.05) is 20.3 Å². The standard InChI is InChI=1S/C10H13F2NO2/c1-14-8-4-2-3-5-9(8)15-7-10(11,12)6-13/h2-5H,6-7,13H2,1H3. The molecule has 0 fully saturated rings. The zero-order valence-corrected chi connectivity index (χ0v) is 8.37. The van der Waals surface area contributed by atoms with Crippen molar-refractivity contribution in [3.8, 4) is 11.5 Å². The third-order valence-corrected chi connectivity index (χ3v) is 1.81. The van der Waals surface area contributed by atoms with Crippen LogP contribution < -0.4 is 15.2 Å². The van der Waals surface area contributed by atoms with Crippen molar-refractivity contribution in [3.63, 3.8) is 0 Å². The van der Waals surface area contributed by atoms with E-state index >= 15 is 0 Å². The topological polar surface area (TPSA) is 44.5 Å². The van der Waals surface area contributed by atoms with Crippen LogP contribution in [0.25, 0.3) is 0 Å². The van der Waals surface area contributed by atoms with Gasteiger partial charge in [0.05, 0.1) is 13.7 Å². The van der Waals surface area contributed by atoms with Gasteiger partial charge < -0.3 is 15.2 Å². The van der Waals surface area contributed by atoms with E-state index in [-0.39, 0.29) is 5.75 Å². The summed E-state index contributed by atoms with van der Waals surface area (Å²) in [7, 11) is 1.45. The van der Waals surface area contributed by atoms with Crippen LogP contribution in [-0.4, -0.2) is 26.2 Å². The molecule has 15 heavy (non-hydrogen) atoms. The van der Waals surface area contributed by atoms with Crippen molar-refractivity contribution in [1.82, 2.24) is 0 Å². The van der Waals surface area contributed by atoms with E-state index < -0.39 is 19.1 Å². The van der Waals surface area contributed by atoms with Crippen LogP contribution in [0.4, 0.5) is 8.78 Å². The molecule has 0 unspecified atom stereocenters. The zero-order chi connectivity index (χ0) is 11.3. The summed E-state index contributed by atoms with van der Waals surface area (Å²) in [5.41, 5.74) is 4.88. The number of nitrogens with two attached hydrogens (primary N) is 1. The fourth-order valence-corrected chi connectivity index (χ4v) is 0.980. The van der Waals surface area contributed by atoms with Gasteiger partial charge in [-0.05, 0) is 12.1 Å². The molecule has 3 nitrogen and oxygen atoms in total. The maximum Gasteiger partial charge on any atom is 0.293 e. The first kappa shape index (κ1) is 11.7. The van der Waals surface area contributed by atoms with E-state index in [1.807, 2.05) is 0 Å². The summed E-state index contributed by atoms with van der Waals surface area (Å²) in [6, 6.07) is 6.60. The second-order valence-corrected chi connectivity index (χ2v) is 3.00. The minimum Gasteiger partial charge on any atom is -0.493 e. The van der Waals surface area contributed by atoms with Crippen LogP contribution in [0, 0.1) is 0 Å². The highest BCUT2D eigenvalue weighted by molar-refractivity contribution is 5.39. The Kier molecular flexibility index (Phi) is 3.85. The Hall–Kier alpha value is -1.36. The molecule has 84 valence electrons. The monoisotopic (exact) mass is 217 g/mol. The van der Waals surface area contributed by atoms with Gasteiger partial charge in [0.15, 0.2) is 18.1 Å². The molecule has 1 aromatic rings. The maximum atomic E-state index is 12.8. The predicted molar refractivity (Wildman–Crippen MR) is 52.5 cm³/mol. The molecular formula is C10H13F2NO2. The number of rotatable bonds is 5. The molecule has 1 rings (SSSR count). The average Bonchev–Trinajstić information content (AvgIpc) is 2.27.